The van der Waals surface area contributed by atoms with Gasteiger partial charge in [-0.15, -0.1) is 0 Å². The predicted octanol–water partition coefficient (Wildman–Crippen LogP) is 1.73. The number of ether oxygens (including phenoxy) is 1. The molecule has 2 heterocycles. The second-order valence-electron chi connectivity index (χ2n) is 5.47. The van der Waals surface area contributed by atoms with Crippen LogP contribution in [0.15, 0.2) is 24.7 Å². The molecule has 1 N–H and O–H groups in total. The van der Waals surface area contributed by atoms with Gasteiger partial charge in [-0.05, 0) is 19.9 Å². The smallest absolute Gasteiger partial charge is 0.0949 e. The Kier molecular flexibility index (Phi) is 4.19. The number of aromatic nitrogens is 2. The Bertz CT molecular complexity index is 405. The summed E-state index contributed by atoms with van der Waals surface area (Å²) in [6, 6.07) is 0. The molecule has 1 aliphatic heterocycles. The van der Waals surface area contributed by atoms with Gasteiger partial charge in [0.25, 0.3) is 0 Å². The molecule has 1 aromatic heterocycles. The monoisotopic (exact) mass is 249 g/mol. The summed E-state index contributed by atoms with van der Waals surface area (Å²) in [6.07, 6.45) is 5.07. The van der Waals surface area contributed by atoms with E-state index in [1.807, 2.05) is 19.4 Å². The molecule has 0 bridgehead atoms. The predicted molar refractivity (Wildman–Crippen MR) is 72.7 cm³/mol. The summed E-state index contributed by atoms with van der Waals surface area (Å²) in [4.78, 5) is 4.29. The minimum atomic E-state index is 0.213. The zero-order valence-corrected chi connectivity index (χ0v) is 11.4. The van der Waals surface area contributed by atoms with E-state index in [0.29, 0.717) is 13.2 Å². The molecule has 0 amide bonds. The summed E-state index contributed by atoms with van der Waals surface area (Å²) in [5.74, 6) is 0. The molecule has 0 saturated carbocycles. The SMILES string of the molecule is C=C(C)COCCn1cncc1C1(C)CCNC1. The van der Waals surface area contributed by atoms with Gasteiger partial charge in [0.2, 0.25) is 0 Å². The summed E-state index contributed by atoms with van der Waals surface area (Å²) in [5.41, 5.74) is 2.59. The first-order valence-electron chi connectivity index (χ1n) is 6.55. The van der Waals surface area contributed by atoms with E-state index in [2.05, 4.69) is 28.4 Å². The highest BCUT2D eigenvalue weighted by atomic mass is 16.5. The van der Waals surface area contributed by atoms with Crippen molar-refractivity contribution in [1.82, 2.24) is 14.9 Å². The van der Waals surface area contributed by atoms with Crippen LogP contribution in [0.5, 0.6) is 0 Å². The third-order valence-corrected chi connectivity index (χ3v) is 3.52. The van der Waals surface area contributed by atoms with Crippen LogP contribution in [0.25, 0.3) is 0 Å². The van der Waals surface area contributed by atoms with Crippen LogP contribution >= 0.6 is 0 Å². The lowest BCUT2D eigenvalue weighted by molar-refractivity contribution is 0.146. The van der Waals surface area contributed by atoms with Gasteiger partial charge < -0.3 is 14.6 Å². The standard InChI is InChI=1S/C14H23N3O/c1-12(2)9-18-7-6-17-11-16-8-13(17)14(3)4-5-15-10-14/h8,11,15H,1,4-7,9-10H2,2-3H3. The maximum absolute atomic E-state index is 5.56. The number of hydrogen-bond donors (Lipinski definition) is 1. The highest BCUT2D eigenvalue weighted by molar-refractivity contribution is 5.17. The molecule has 1 unspecified atom stereocenters. The van der Waals surface area contributed by atoms with E-state index >= 15 is 0 Å². The fourth-order valence-electron chi connectivity index (χ4n) is 2.45. The normalized spacial score (nSPS) is 23.4. The van der Waals surface area contributed by atoms with Gasteiger partial charge in [-0.1, -0.05) is 19.1 Å². The number of nitrogens with one attached hydrogen (secondary N) is 1. The van der Waals surface area contributed by atoms with Gasteiger partial charge in [0, 0.05) is 30.4 Å². The molecule has 0 radical (unpaired) electrons. The van der Waals surface area contributed by atoms with Crippen LogP contribution < -0.4 is 5.32 Å². The second-order valence-corrected chi connectivity index (χ2v) is 5.47. The van der Waals surface area contributed by atoms with Gasteiger partial charge in [-0.25, -0.2) is 4.98 Å². The maximum atomic E-state index is 5.56. The molecule has 18 heavy (non-hydrogen) atoms. The molecule has 0 spiro atoms. The van der Waals surface area contributed by atoms with Gasteiger partial charge in [0.05, 0.1) is 19.5 Å². The summed E-state index contributed by atoms with van der Waals surface area (Å²) < 4.78 is 7.77. The van der Waals surface area contributed by atoms with Crippen molar-refractivity contribution in [2.75, 3.05) is 26.3 Å². The Hall–Kier alpha value is -1.13. The molecular weight excluding hydrogens is 226 g/mol. The van der Waals surface area contributed by atoms with E-state index in [0.717, 1.165) is 25.2 Å². The summed E-state index contributed by atoms with van der Waals surface area (Å²) in [5, 5.41) is 3.43. The van der Waals surface area contributed by atoms with Gasteiger partial charge in [-0.2, -0.15) is 0 Å². The van der Waals surface area contributed by atoms with Gasteiger partial charge in [-0.3, -0.25) is 0 Å². The summed E-state index contributed by atoms with van der Waals surface area (Å²) in [7, 11) is 0. The molecule has 1 fully saturated rings. The maximum Gasteiger partial charge on any atom is 0.0949 e. The quantitative estimate of drug-likeness (QED) is 0.616. The number of hydrogen-bond acceptors (Lipinski definition) is 3. The van der Waals surface area contributed by atoms with Gasteiger partial charge >= 0.3 is 0 Å². The summed E-state index contributed by atoms with van der Waals surface area (Å²) >= 11 is 0. The van der Waals surface area contributed by atoms with Crippen LogP contribution in [0.2, 0.25) is 0 Å². The fourth-order valence-corrected chi connectivity index (χ4v) is 2.45. The highest BCUT2D eigenvalue weighted by Gasteiger charge is 2.33. The third-order valence-electron chi connectivity index (χ3n) is 3.52. The van der Waals surface area contributed by atoms with Crippen molar-refractivity contribution in [3.8, 4) is 0 Å². The molecule has 0 aliphatic carbocycles. The summed E-state index contributed by atoms with van der Waals surface area (Å²) in [6.45, 7) is 12.4. The van der Waals surface area contributed by atoms with Crippen molar-refractivity contribution in [2.45, 2.75) is 32.2 Å². The van der Waals surface area contributed by atoms with Gasteiger partial charge in [0.1, 0.15) is 0 Å². The fraction of sp³-hybridized carbons (Fsp3) is 0.643. The van der Waals surface area contributed by atoms with E-state index in [1.165, 1.54) is 12.1 Å². The zero-order chi connectivity index (χ0) is 13.0. The Labute approximate surface area is 109 Å². The van der Waals surface area contributed by atoms with Crippen LogP contribution in [0.4, 0.5) is 0 Å². The van der Waals surface area contributed by atoms with E-state index in [-0.39, 0.29) is 5.41 Å². The second kappa shape index (κ2) is 5.67. The highest BCUT2D eigenvalue weighted by Crippen LogP contribution is 2.29. The van der Waals surface area contributed by atoms with Crippen molar-refractivity contribution in [3.63, 3.8) is 0 Å². The van der Waals surface area contributed by atoms with Crippen molar-refractivity contribution in [3.05, 3.63) is 30.4 Å². The molecule has 0 aromatic carbocycles. The molecular formula is C14H23N3O. The molecule has 4 heteroatoms. The molecule has 1 atom stereocenters. The van der Waals surface area contributed by atoms with Crippen LogP contribution in [-0.2, 0) is 16.7 Å². The first kappa shape index (κ1) is 13.3. The van der Waals surface area contributed by atoms with Crippen LogP contribution in [-0.4, -0.2) is 35.9 Å². The van der Waals surface area contributed by atoms with Crippen LogP contribution in [0.3, 0.4) is 0 Å². The van der Waals surface area contributed by atoms with Crippen LogP contribution in [0.1, 0.15) is 26.0 Å². The largest absolute Gasteiger partial charge is 0.375 e. The van der Waals surface area contributed by atoms with Gasteiger partial charge in [0.15, 0.2) is 0 Å². The number of rotatable bonds is 6. The molecule has 1 aromatic rings. The van der Waals surface area contributed by atoms with Crippen LogP contribution in [0, 0.1) is 0 Å². The first-order chi connectivity index (χ1) is 8.62. The van der Waals surface area contributed by atoms with E-state index in [4.69, 9.17) is 4.74 Å². The lowest BCUT2D eigenvalue weighted by Gasteiger charge is -2.24. The van der Waals surface area contributed by atoms with Crippen molar-refractivity contribution in [1.29, 1.82) is 0 Å². The Morgan fingerprint density at radius 2 is 2.50 bits per heavy atom. The first-order valence-corrected chi connectivity index (χ1v) is 6.55. The zero-order valence-electron chi connectivity index (χ0n) is 11.4. The number of imidazole rings is 1. The third kappa shape index (κ3) is 3.00. The minimum absolute atomic E-state index is 0.213. The van der Waals surface area contributed by atoms with Crippen molar-refractivity contribution >= 4 is 0 Å². The average molecular weight is 249 g/mol. The lowest BCUT2D eigenvalue weighted by atomic mass is 9.86. The Morgan fingerprint density at radius 1 is 1.67 bits per heavy atom. The van der Waals surface area contributed by atoms with E-state index in [1.54, 1.807) is 0 Å². The van der Waals surface area contributed by atoms with E-state index in [9.17, 15) is 0 Å². The average Bonchev–Trinajstić information content (AvgIpc) is 2.93. The number of nitrogens with zero attached hydrogens (tertiary/aromatic N) is 2. The Morgan fingerprint density at radius 3 is 3.17 bits per heavy atom. The topological polar surface area (TPSA) is 39.1 Å². The van der Waals surface area contributed by atoms with Crippen molar-refractivity contribution in [2.24, 2.45) is 0 Å². The molecule has 1 saturated heterocycles. The van der Waals surface area contributed by atoms with Crippen molar-refractivity contribution < 1.29 is 4.74 Å². The molecule has 100 valence electrons. The minimum Gasteiger partial charge on any atom is -0.375 e. The Balaban J connectivity index is 1.93. The van der Waals surface area contributed by atoms with E-state index < -0.39 is 0 Å². The molecule has 2 rings (SSSR count). The lowest BCUT2D eigenvalue weighted by Crippen LogP contribution is -2.28. The molecule has 4 nitrogen and oxygen atoms in total. The molecule has 1 aliphatic rings.